The maximum Gasteiger partial charge on any atom is 0.191 e. The van der Waals surface area contributed by atoms with Crippen LogP contribution in [-0.4, -0.2) is 37.4 Å². The first kappa shape index (κ1) is 21.6. The summed E-state index contributed by atoms with van der Waals surface area (Å²) < 4.78 is 16.5. The Labute approximate surface area is 167 Å². The maximum atomic E-state index is 5.94. The number of nitrogens with one attached hydrogen (secondary N) is 2. The molecular weight excluding hydrogens is 356 g/mol. The summed E-state index contributed by atoms with van der Waals surface area (Å²) in [6.45, 7) is 10.2. The fraction of sp³-hybridized carbons (Fsp3) is 0.524. The van der Waals surface area contributed by atoms with Crippen molar-refractivity contribution in [3.63, 3.8) is 0 Å². The van der Waals surface area contributed by atoms with Crippen LogP contribution in [0.1, 0.15) is 44.7 Å². The molecule has 2 N–H and O–H groups in total. The Morgan fingerprint density at radius 3 is 2.43 bits per heavy atom. The number of ether oxygens (including phenoxy) is 2. The van der Waals surface area contributed by atoms with Crippen molar-refractivity contribution in [2.45, 2.75) is 53.2 Å². The zero-order valence-electron chi connectivity index (χ0n) is 17.5. The molecule has 1 aromatic heterocycles. The van der Waals surface area contributed by atoms with Gasteiger partial charge in [0, 0.05) is 18.5 Å². The Morgan fingerprint density at radius 1 is 1.11 bits per heavy atom. The van der Waals surface area contributed by atoms with Gasteiger partial charge in [0.05, 0.1) is 25.9 Å². The van der Waals surface area contributed by atoms with E-state index >= 15 is 0 Å². The molecule has 1 atom stereocenters. The minimum Gasteiger partial charge on any atom is -0.497 e. The first-order chi connectivity index (χ1) is 13.6. The molecule has 0 spiro atoms. The summed E-state index contributed by atoms with van der Waals surface area (Å²) in [7, 11) is 1.65. The second-order valence-corrected chi connectivity index (χ2v) is 6.42. The molecule has 0 saturated heterocycles. The first-order valence-electron chi connectivity index (χ1n) is 9.90. The number of nitrogens with zero attached hydrogens (tertiary/aromatic N) is 2. The second-order valence-electron chi connectivity index (χ2n) is 6.42. The average Bonchev–Trinajstić information content (AvgIpc) is 3.12. The van der Waals surface area contributed by atoms with E-state index < -0.39 is 0 Å². The van der Waals surface area contributed by atoms with Gasteiger partial charge < -0.3 is 24.6 Å². The van der Waals surface area contributed by atoms with Crippen LogP contribution >= 0.6 is 0 Å². The molecule has 7 nitrogen and oxygen atoms in total. The highest BCUT2D eigenvalue weighted by Crippen LogP contribution is 2.18. The summed E-state index contributed by atoms with van der Waals surface area (Å²) in [5.74, 6) is 3.28. The lowest BCUT2D eigenvalue weighted by Crippen LogP contribution is -2.41. The number of rotatable bonds is 10. The van der Waals surface area contributed by atoms with Gasteiger partial charge in [-0.2, -0.15) is 0 Å². The van der Waals surface area contributed by atoms with Gasteiger partial charge >= 0.3 is 0 Å². The van der Waals surface area contributed by atoms with Crippen molar-refractivity contribution in [3.05, 3.63) is 41.3 Å². The number of guanidine groups is 1. The smallest absolute Gasteiger partial charge is 0.191 e. The van der Waals surface area contributed by atoms with E-state index in [1.165, 1.54) is 0 Å². The molecule has 1 heterocycles. The topological polar surface area (TPSA) is 80.9 Å². The summed E-state index contributed by atoms with van der Waals surface area (Å²) >= 11 is 0. The van der Waals surface area contributed by atoms with E-state index in [9.17, 15) is 0 Å². The van der Waals surface area contributed by atoms with Gasteiger partial charge in [0.25, 0.3) is 0 Å². The standard InChI is InChI=1S/C21H32N4O3/c1-6-19-18(20(7-2)28-25-19)14-24-21(22-8-3)23-13-15(4)27-17-11-9-16(26-5)10-12-17/h9-12,15H,6-8,13-14H2,1-5H3,(H2,22,23,24). The van der Waals surface area contributed by atoms with Gasteiger partial charge in [0.2, 0.25) is 0 Å². The quantitative estimate of drug-likeness (QED) is 0.480. The molecule has 0 fully saturated rings. The lowest BCUT2D eigenvalue weighted by atomic mass is 10.1. The number of hydrogen-bond donors (Lipinski definition) is 2. The zero-order chi connectivity index (χ0) is 20.4. The van der Waals surface area contributed by atoms with E-state index in [4.69, 9.17) is 19.0 Å². The van der Waals surface area contributed by atoms with Crippen LogP contribution in [0.2, 0.25) is 0 Å². The second kappa shape index (κ2) is 11.2. The lowest BCUT2D eigenvalue weighted by molar-refractivity contribution is 0.223. The van der Waals surface area contributed by atoms with Crippen molar-refractivity contribution >= 4 is 5.96 Å². The number of methoxy groups -OCH3 is 1. The van der Waals surface area contributed by atoms with E-state index in [0.717, 1.165) is 53.9 Å². The molecule has 1 aromatic carbocycles. The van der Waals surface area contributed by atoms with Crippen LogP contribution in [-0.2, 0) is 19.4 Å². The molecule has 0 radical (unpaired) electrons. The molecule has 0 aliphatic rings. The molecule has 0 bridgehead atoms. The minimum atomic E-state index is -0.0229. The molecule has 1 unspecified atom stereocenters. The molecule has 154 valence electrons. The summed E-state index contributed by atoms with van der Waals surface area (Å²) in [6, 6.07) is 7.57. The van der Waals surface area contributed by atoms with E-state index in [2.05, 4.69) is 29.6 Å². The molecule has 0 saturated carbocycles. The normalized spacial score (nSPS) is 12.5. The third kappa shape index (κ3) is 6.18. The van der Waals surface area contributed by atoms with Crippen molar-refractivity contribution in [1.29, 1.82) is 0 Å². The van der Waals surface area contributed by atoms with Crippen LogP contribution in [0.3, 0.4) is 0 Å². The summed E-state index contributed by atoms with van der Waals surface area (Å²) in [5.41, 5.74) is 2.07. The van der Waals surface area contributed by atoms with E-state index in [0.29, 0.717) is 13.1 Å². The number of aromatic nitrogens is 1. The summed E-state index contributed by atoms with van der Waals surface area (Å²) in [4.78, 5) is 4.70. The van der Waals surface area contributed by atoms with Crippen molar-refractivity contribution in [2.75, 3.05) is 20.2 Å². The molecule has 0 aliphatic heterocycles. The Balaban J connectivity index is 1.94. The Kier molecular flexibility index (Phi) is 8.65. The van der Waals surface area contributed by atoms with Crippen molar-refractivity contribution < 1.29 is 14.0 Å². The third-order valence-electron chi connectivity index (χ3n) is 4.30. The van der Waals surface area contributed by atoms with Crippen LogP contribution in [0, 0.1) is 0 Å². The highest BCUT2D eigenvalue weighted by molar-refractivity contribution is 5.79. The molecule has 2 aromatic rings. The van der Waals surface area contributed by atoms with Gasteiger partial charge in [-0.15, -0.1) is 0 Å². The van der Waals surface area contributed by atoms with Crippen LogP contribution in [0.25, 0.3) is 0 Å². The number of benzene rings is 1. The molecule has 2 rings (SSSR count). The highest BCUT2D eigenvalue weighted by Gasteiger charge is 2.13. The van der Waals surface area contributed by atoms with E-state index in [-0.39, 0.29) is 6.10 Å². The Hall–Kier alpha value is -2.70. The van der Waals surface area contributed by atoms with Gasteiger partial charge in [-0.1, -0.05) is 19.0 Å². The third-order valence-corrected chi connectivity index (χ3v) is 4.30. The van der Waals surface area contributed by atoms with Crippen molar-refractivity contribution in [1.82, 2.24) is 15.8 Å². The Morgan fingerprint density at radius 2 is 1.82 bits per heavy atom. The summed E-state index contributed by atoms with van der Waals surface area (Å²) in [5, 5.41) is 10.8. The highest BCUT2D eigenvalue weighted by atomic mass is 16.5. The monoisotopic (exact) mass is 388 g/mol. The van der Waals surface area contributed by atoms with Crippen LogP contribution in [0.4, 0.5) is 0 Å². The Bertz CT molecular complexity index is 719. The number of hydrogen-bond acceptors (Lipinski definition) is 5. The molecule has 0 amide bonds. The van der Waals surface area contributed by atoms with Gasteiger partial charge in [-0.3, -0.25) is 0 Å². The first-order valence-corrected chi connectivity index (χ1v) is 9.90. The molecular formula is C21H32N4O3. The predicted octanol–water partition coefficient (Wildman–Crippen LogP) is 3.33. The van der Waals surface area contributed by atoms with Gasteiger partial charge in [0.15, 0.2) is 5.96 Å². The predicted molar refractivity (Wildman–Crippen MR) is 111 cm³/mol. The van der Waals surface area contributed by atoms with Crippen molar-refractivity contribution in [3.8, 4) is 11.5 Å². The van der Waals surface area contributed by atoms with Crippen LogP contribution in [0.15, 0.2) is 33.8 Å². The number of aliphatic imine (C=N–C) groups is 1. The largest absolute Gasteiger partial charge is 0.497 e. The molecule has 0 aliphatic carbocycles. The van der Waals surface area contributed by atoms with Gasteiger partial charge in [-0.25, -0.2) is 4.99 Å². The van der Waals surface area contributed by atoms with Crippen LogP contribution in [0.5, 0.6) is 11.5 Å². The van der Waals surface area contributed by atoms with Crippen LogP contribution < -0.4 is 20.1 Å². The van der Waals surface area contributed by atoms with Gasteiger partial charge in [0.1, 0.15) is 23.4 Å². The fourth-order valence-electron chi connectivity index (χ4n) is 2.79. The van der Waals surface area contributed by atoms with Crippen molar-refractivity contribution in [2.24, 2.45) is 4.99 Å². The lowest BCUT2D eigenvalue weighted by Gasteiger charge is -2.18. The summed E-state index contributed by atoms with van der Waals surface area (Å²) in [6.07, 6.45) is 1.63. The molecule has 28 heavy (non-hydrogen) atoms. The van der Waals surface area contributed by atoms with E-state index in [1.807, 2.05) is 38.1 Å². The number of aryl methyl sites for hydroxylation is 2. The van der Waals surface area contributed by atoms with E-state index in [1.54, 1.807) is 7.11 Å². The molecule has 7 heteroatoms. The maximum absolute atomic E-state index is 5.94. The SMILES string of the molecule is CCNC(=NCc1c(CC)noc1CC)NCC(C)Oc1ccc(OC)cc1. The average molecular weight is 389 g/mol. The fourth-order valence-corrected chi connectivity index (χ4v) is 2.79. The van der Waals surface area contributed by atoms with Gasteiger partial charge in [-0.05, 0) is 44.5 Å². The minimum absolute atomic E-state index is 0.0229. The zero-order valence-corrected chi connectivity index (χ0v) is 17.5.